The molecule has 0 aromatic heterocycles. The maximum atomic E-state index is 12.1. The van der Waals surface area contributed by atoms with E-state index in [-0.39, 0.29) is 32.1 Å². The summed E-state index contributed by atoms with van der Waals surface area (Å²) in [6.07, 6.45) is 54.0. The number of carbonyl (C=O) groups is 2. The SMILES string of the molecule is CCCCC/C=C\C/C=C\CCCCCCCCCCCCCCCC(=O)NCCOP(=O)(O)OCC(O)COC(=O)CCCCCCCCCCCCCCCCCCC. The van der Waals surface area contributed by atoms with Gasteiger partial charge in [0.2, 0.25) is 5.91 Å². The van der Waals surface area contributed by atoms with Gasteiger partial charge in [0, 0.05) is 19.4 Å². The van der Waals surface area contributed by atoms with E-state index < -0.39 is 26.5 Å². The van der Waals surface area contributed by atoms with E-state index in [1.807, 2.05) is 0 Å². The van der Waals surface area contributed by atoms with Gasteiger partial charge in [-0.05, 0) is 44.9 Å². The summed E-state index contributed by atoms with van der Waals surface area (Å²) in [4.78, 5) is 34.1. The van der Waals surface area contributed by atoms with Crippen molar-refractivity contribution >= 4 is 19.7 Å². The molecule has 0 bridgehead atoms. The minimum atomic E-state index is -4.42. The molecule has 0 saturated carbocycles. The zero-order valence-electron chi connectivity index (χ0n) is 39.9. The number of allylic oxidation sites excluding steroid dienone is 4. The van der Waals surface area contributed by atoms with Crippen LogP contribution in [0.4, 0.5) is 0 Å². The molecule has 0 aliphatic rings. The van der Waals surface area contributed by atoms with Gasteiger partial charge in [-0.3, -0.25) is 18.6 Å². The molecular weight excluding hydrogens is 786 g/mol. The fourth-order valence-corrected chi connectivity index (χ4v) is 8.23. The summed E-state index contributed by atoms with van der Waals surface area (Å²) < 4.78 is 27.0. The van der Waals surface area contributed by atoms with Gasteiger partial charge >= 0.3 is 13.8 Å². The monoisotopic (exact) mass is 884 g/mol. The molecule has 0 spiro atoms. The summed E-state index contributed by atoms with van der Waals surface area (Å²) >= 11 is 0. The number of hydrogen-bond acceptors (Lipinski definition) is 7. The molecular formula is C51H98NO8P. The molecule has 0 heterocycles. The Morgan fingerprint density at radius 1 is 0.508 bits per heavy atom. The lowest BCUT2D eigenvalue weighted by Crippen LogP contribution is -2.27. The number of aliphatic hydroxyl groups is 1. The number of ether oxygens (including phenoxy) is 1. The van der Waals surface area contributed by atoms with Crippen molar-refractivity contribution in [3.63, 3.8) is 0 Å². The van der Waals surface area contributed by atoms with Crippen molar-refractivity contribution in [2.24, 2.45) is 0 Å². The number of hydrogen-bond donors (Lipinski definition) is 3. The molecule has 0 aromatic carbocycles. The van der Waals surface area contributed by atoms with Crippen molar-refractivity contribution in [3.8, 4) is 0 Å². The summed E-state index contributed by atoms with van der Waals surface area (Å²) in [5.41, 5.74) is 0. The van der Waals surface area contributed by atoms with Crippen molar-refractivity contribution in [2.75, 3.05) is 26.4 Å². The number of nitrogens with one attached hydrogen (secondary N) is 1. The molecule has 0 fully saturated rings. The maximum Gasteiger partial charge on any atom is 0.472 e. The van der Waals surface area contributed by atoms with Gasteiger partial charge in [-0.1, -0.05) is 224 Å². The Bertz CT molecular complexity index is 1050. The first kappa shape index (κ1) is 59.5. The van der Waals surface area contributed by atoms with E-state index in [4.69, 9.17) is 13.8 Å². The molecule has 1 amide bonds. The van der Waals surface area contributed by atoms with E-state index in [9.17, 15) is 24.2 Å². The number of aliphatic hydroxyl groups excluding tert-OH is 1. The van der Waals surface area contributed by atoms with E-state index in [1.54, 1.807) is 0 Å². The number of esters is 1. The fourth-order valence-electron chi connectivity index (χ4n) is 7.47. The Kier molecular flexibility index (Phi) is 46.8. The lowest BCUT2D eigenvalue weighted by Gasteiger charge is -2.15. The first-order valence-corrected chi connectivity index (χ1v) is 27.3. The van der Waals surface area contributed by atoms with Gasteiger partial charge in [0.15, 0.2) is 0 Å². The molecule has 0 aliphatic carbocycles. The minimum Gasteiger partial charge on any atom is -0.463 e. The molecule has 0 radical (unpaired) electrons. The van der Waals surface area contributed by atoms with Gasteiger partial charge in [-0.25, -0.2) is 4.57 Å². The Hall–Kier alpha value is -1.51. The van der Waals surface area contributed by atoms with Crippen molar-refractivity contribution in [1.29, 1.82) is 0 Å². The van der Waals surface area contributed by atoms with E-state index in [2.05, 4.69) is 43.5 Å². The van der Waals surface area contributed by atoms with Crippen LogP contribution in [0.25, 0.3) is 0 Å². The lowest BCUT2D eigenvalue weighted by molar-refractivity contribution is -0.147. The number of rotatable bonds is 49. The molecule has 61 heavy (non-hydrogen) atoms. The molecule has 2 unspecified atom stereocenters. The Morgan fingerprint density at radius 3 is 1.34 bits per heavy atom. The van der Waals surface area contributed by atoms with Crippen LogP contribution in [0.15, 0.2) is 24.3 Å². The number of amides is 1. The molecule has 10 heteroatoms. The van der Waals surface area contributed by atoms with Crippen molar-refractivity contribution < 1.29 is 37.9 Å². The number of phosphoric ester groups is 1. The summed E-state index contributed by atoms with van der Waals surface area (Å²) in [5, 5.41) is 12.7. The molecule has 0 rings (SSSR count). The van der Waals surface area contributed by atoms with Gasteiger partial charge < -0.3 is 20.1 Å². The van der Waals surface area contributed by atoms with Crippen molar-refractivity contribution in [1.82, 2.24) is 5.32 Å². The lowest BCUT2D eigenvalue weighted by atomic mass is 10.0. The summed E-state index contributed by atoms with van der Waals surface area (Å²) in [5.74, 6) is -0.505. The second kappa shape index (κ2) is 48.0. The third kappa shape index (κ3) is 49.4. The first-order chi connectivity index (χ1) is 29.8. The van der Waals surface area contributed by atoms with Gasteiger partial charge in [0.1, 0.15) is 12.7 Å². The molecule has 0 aliphatic heterocycles. The highest BCUT2D eigenvalue weighted by molar-refractivity contribution is 7.47. The second-order valence-corrected chi connectivity index (χ2v) is 19.0. The number of unbranched alkanes of at least 4 members (excludes halogenated alkanes) is 32. The average Bonchev–Trinajstić information content (AvgIpc) is 3.25. The molecule has 360 valence electrons. The van der Waals surface area contributed by atoms with Crippen molar-refractivity contribution in [2.45, 2.75) is 264 Å². The smallest absolute Gasteiger partial charge is 0.463 e. The molecule has 0 aromatic rings. The second-order valence-electron chi connectivity index (χ2n) is 17.5. The zero-order valence-corrected chi connectivity index (χ0v) is 40.8. The molecule has 0 saturated heterocycles. The van der Waals surface area contributed by atoms with Crippen LogP contribution in [0.5, 0.6) is 0 Å². The van der Waals surface area contributed by atoms with Crippen LogP contribution in [0.3, 0.4) is 0 Å². The summed E-state index contributed by atoms with van der Waals surface area (Å²) in [6, 6.07) is 0. The normalized spacial score (nSPS) is 13.3. The summed E-state index contributed by atoms with van der Waals surface area (Å²) in [7, 11) is -4.42. The first-order valence-electron chi connectivity index (χ1n) is 25.8. The third-order valence-electron chi connectivity index (χ3n) is 11.4. The van der Waals surface area contributed by atoms with Gasteiger partial charge in [0.05, 0.1) is 13.2 Å². The van der Waals surface area contributed by atoms with Crippen LogP contribution in [-0.2, 0) is 27.9 Å². The van der Waals surface area contributed by atoms with Crippen LogP contribution in [0, 0.1) is 0 Å². The topological polar surface area (TPSA) is 131 Å². The standard InChI is InChI=1S/C51H98NO8P/c1-3-5-7-9-11-13-15-17-19-21-22-23-24-25-26-28-29-31-33-35-37-39-41-43-50(54)52-45-46-59-61(56,57)60-48-49(53)47-58-51(55)44-42-40-38-36-34-32-30-27-20-18-16-14-12-10-8-6-4-2/h11,13,17,19,49,53H,3-10,12,14-16,18,20-48H2,1-2H3,(H,52,54)(H,56,57)/b13-11-,19-17-. The highest BCUT2D eigenvalue weighted by Crippen LogP contribution is 2.42. The predicted molar refractivity (Wildman–Crippen MR) is 257 cm³/mol. The van der Waals surface area contributed by atoms with E-state index in [0.717, 1.165) is 44.9 Å². The summed E-state index contributed by atoms with van der Waals surface area (Å²) in [6.45, 7) is 3.58. The Labute approximate surface area is 376 Å². The van der Waals surface area contributed by atoms with Crippen molar-refractivity contribution in [3.05, 3.63) is 24.3 Å². The molecule has 3 N–H and O–H groups in total. The zero-order chi connectivity index (χ0) is 44.6. The highest BCUT2D eigenvalue weighted by Gasteiger charge is 2.23. The maximum absolute atomic E-state index is 12.1. The Balaban J connectivity index is 3.52. The third-order valence-corrected chi connectivity index (χ3v) is 12.4. The van der Waals surface area contributed by atoms with Crippen LogP contribution < -0.4 is 5.32 Å². The number of phosphoric acid groups is 1. The van der Waals surface area contributed by atoms with Crippen LogP contribution >= 0.6 is 7.82 Å². The largest absolute Gasteiger partial charge is 0.472 e. The van der Waals surface area contributed by atoms with Crippen LogP contribution in [-0.4, -0.2) is 54.3 Å². The van der Waals surface area contributed by atoms with Crippen LogP contribution in [0.1, 0.15) is 258 Å². The molecule has 2 atom stereocenters. The van der Waals surface area contributed by atoms with E-state index in [1.165, 1.54) is 186 Å². The Morgan fingerprint density at radius 2 is 0.885 bits per heavy atom. The van der Waals surface area contributed by atoms with E-state index in [0.29, 0.717) is 6.42 Å². The quantitative estimate of drug-likeness (QED) is 0.0238. The van der Waals surface area contributed by atoms with Gasteiger partial charge in [-0.15, -0.1) is 0 Å². The predicted octanol–water partition coefficient (Wildman–Crippen LogP) is 15.1. The number of carbonyl (C=O) groups excluding carboxylic acids is 2. The minimum absolute atomic E-state index is 0.0843. The van der Waals surface area contributed by atoms with Gasteiger partial charge in [-0.2, -0.15) is 0 Å². The fraction of sp³-hybridized carbons (Fsp3) is 0.882. The highest BCUT2D eigenvalue weighted by atomic mass is 31.2. The van der Waals surface area contributed by atoms with Crippen LogP contribution in [0.2, 0.25) is 0 Å². The van der Waals surface area contributed by atoms with E-state index >= 15 is 0 Å². The van der Waals surface area contributed by atoms with Gasteiger partial charge in [0.25, 0.3) is 0 Å². The average molecular weight is 884 g/mol. The molecule has 9 nitrogen and oxygen atoms in total.